The highest BCUT2D eigenvalue weighted by atomic mass is 16.5. The minimum absolute atomic E-state index is 0.126. The largest absolute Gasteiger partial charge is 0.495 e. The Hall–Kier alpha value is -5.00. The summed E-state index contributed by atoms with van der Waals surface area (Å²) in [5.74, 6) is 2.08. The maximum Gasteiger partial charge on any atom is 0.231 e. The lowest BCUT2D eigenvalue weighted by atomic mass is 9.78. The molecule has 5 rings (SSSR count). The van der Waals surface area contributed by atoms with Crippen LogP contribution in [0.1, 0.15) is 60.3 Å². The van der Waals surface area contributed by atoms with Crippen LogP contribution in [0.15, 0.2) is 60.9 Å². The summed E-state index contributed by atoms with van der Waals surface area (Å²) in [4.78, 5) is 33.3. The number of aromatic nitrogens is 6. The molecule has 42 heavy (non-hydrogen) atoms. The number of carbonyl (C=O) groups excluding carboxylic acids is 2. The van der Waals surface area contributed by atoms with Gasteiger partial charge in [0.05, 0.1) is 50.8 Å². The molecule has 0 aromatic carbocycles. The number of hydrogen-bond donors (Lipinski definition) is 2. The Morgan fingerprint density at radius 2 is 1.17 bits per heavy atom. The third kappa shape index (κ3) is 7.59. The Morgan fingerprint density at radius 1 is 0.690 bits per heavy atom. The van der Waals surface area contributed by atoms with Crippen molar-refractivity contribution >= 4 is 23.5 Å². The van der Waals surface area contributed by atoms with Gasteiger partial charge in [0.25, 0.3) is 0 Å². The number of methoxy groups -OCH3 is 2. The number of pyridine rings is 2. The molecule has 0 spiro atoms. The van der Waals surface area contributed by atoms with E-state index in [0.717, 1.165) is 37.1 Å². The third-order valence-electron chi connectivity index (χ3n) is 7.17. The molecule has 2 N–H and O–H groups in total. The van der Waals surface area contributed by atoms with Crippen LogP contribution >= 0.6 is 0 Å². The second-order valence-electron chi connectivity index (χ2n) is 10.1. The summed E-state index contributed by atoms with van der Waals surface area (Å²) < 4.78 is 10.2. The molecule has 1 aliphatic carbocycles. The fourth-order valence-corrected chi connectivity index (χ4v) is 4.96. The van der Waals surface area contributed by atoms with Crippen LogP contribution in [0.5, 0.6) is 11.5 Å². The van der Waals surface area contributed by atoms with E-state index in [2.05, 4.69) is 41.0 Å². The molecule has 2 amide bonds. The van der Waals surface area contributed by atoms with Crippen LogP contribution in [0.25, 0.3) is 0 Å². The van der Waals surface area contributed by atoms with Crippen molar-refractivity contribution in [2.24, 2.45) is 0 Å². The first-order valence-electron chi connectivity index (χ1n) is 13.7. The van der Waals surface area contributed by atoms with Gasteiger partial charge in [0.1, 0.15) is 11.5 Å². The van der Waals surface area contributed by atoms with E-state index in [1.54, 1.807) is 63.0 Å². The summed E-state index contributed by atoms with van der Waals surface area (Å²) in [5.41, 5.74) is 3.04. The van der Waals surface area contributed by atoms with Gasteiger partial charge in [0.2, 0.25) is 11.8 Å². The van der Waals surface area contributed by atoms with E-state index < -0.39 is 0 Å². The molecular formula is C30H32N8O4. The highest BCUT2D eigenvalue weighted by molar-refractivity contribution is 5.91. The maximum absolute atomic E-state index is 12.4. The van der Waals surface area contributed by atoms with E-state index in [4.69, 9.17) is 9.47 Å². The molecule has 4 aromatic heterocycles. The first-order chi connectivity index (χ1) is 20.5. The van der Waals surface area contributed by atoms with E-state index in [1.807, 2.05) is 12.1 Å². The van der Waals surface area contributed by atoms with E-state index >= 15 is 0 Å². The average Bonchev–Trinajstić information content (AvgIpc) is 3.02. The van der Waals surface area contributed by atoms with E-state index in [0.29, 0.717) is 34.5 Å². The number of hydrogen-bond acceptors (Lipinski definition) is 10. The van der Waals surface area contributed by atoms with Gasteiger partial charge in [-0.05, 0) is 67.8 Å². The fraction of sp³-hybridized carbons (Fsp3) is 0.333. The molecule has 12 nitrogen and oxygen atoms in total. The zero-order chi connectivity index (χ0) is 29.3. The second kappa shape index (κ2) is 13.6. The zero-order valence-electron chi connectivity index (χ0n) is 23.5. The number of amides is 2. The number of nitrogens with one attached hydrogen (secondary N) is 2. The van der Waals surface area contributed by atoms with Crippen LogP contribution in [0.2, 0.25) is 0 Å². The topological polar surface area (TPSA) is 154 Å². The fourth-order valence-electron chi connectivity index (χ4n) is 4.96. The molecule has 216 valence electrons. The molecule has 1 fully saturated rings. The van der Waals surface area contributed by atoms with Crippen LogP contribution in [-0.4, -0.2) is 56.4 Å². The lowest BCUT2D eigenvalue weighted by Crippen LogP contribution is -2.19. The maximum atomic E-state index is 12.4. The van der Waals surface area contributed by atoms with Crippen LogP contribution in [0, 0.1) is 0 Å². The molecule has 4 heterocycles. The molecule has 2 unspecified atom stereocenters. The lowest BCUT2D eigenvalue weighted by Gasteiger charge is -2.28. The van der Waals surface area contributed by atoms with Gasteiger partial charge in [0.15, 0.2) is 11.6 Å². The summed E-state index contributed by atoms with van der Waals surface area (Å²) in [5, 5.41) is 22.9. The summed E-state index contributed by atoms with van der Waals surface area (Å²) in [6.45, 7) is 0. The van der Waals surface area contributed by atoms with Crippen LogP contribution in [-0.2, 0) is 22.4 Å². The van der Waals surface area contributed by atoms with Gasteiger partial charge in [-0.3, -0.25) is 19.6 Å². The average molecular weight is 569 g/mol. The summed E-state index contributed by atoms with van der Waals surface area (Å²) in [7, 11) is 3.14. The van der Waals surface area contributed by atoms with Gasteiger partial charge < -0.3 is 20.1 Å². The molecule has 1 saturated carbocycles. The molecule has 12 heteroatoms. The minimum atomic E-state index is -0.219. The summed E-state index contributed by atoms with van der Waals surface area (Å²) in [6, 6.07) is 14.4. The van der Waals surface area contributed by atoms with Crippen LogP contribution in [0.3, 0.4) is 0 Å². The lowest BCUT2D eigenvalue weighted by molar-refractivity contribution is -0.116. The molecular weight excluding hydrogens is 536 g/mol. The number of rotatable bonds is 10. The Kier molecular flexibility index (Phi) is 9.22. The standard InChI is InChI=1S/C30H32N8O4/c1-41-23-8-6-21(31-17-23)15-29(39)33-27-12-10-25(35-37-27)19-4-3-5-20(14-19)26-11-13-28(38-36-26)34-30(40)16-22-7-9-24(42-2)18-32-22/h6-13,17-20H,3-5,14-16H2,1-2H3,(H,33,37,39)(H,34,38,40). The van der Waals surface area contributed by atoms with Crippen molar-refractivity contribution in [2.45, 2.75) is 50.4 Å². The van der Waals surface area contributed by atoms with Crippen molar-refractivity contribution in [1.82, 2.24) is 30.4 Å². The van der Waals surface area contributed by atoms with E-state index in [-0.39, 0.29) is 36.5 Å². The molecule has 0 saturated heterocycles. The van der Waals surface area contributed by atoms with Crippen LogP contribution < -0.4 is 20.1 Å². The number of anilines is 2. The van der Waals surface area contributed by atoms with Crippen molar-refractivity contribution in [1.29, 1.82) is 0 Å². The molecule has 4 aromatic rings. The van der Waals surface area contributed by atoms with Gasteiger partial charge in [0, 0.05) is 23.2 Å². The van der Waals surface area contributed by atoms with E-state index in [9.17, 15) is 9.59 Å². The molecule has 0 aliphatic heterocycles. The predicted molar refractivity (Wildman–Crippen MR) is 154 cm³/mol. The minimum Gasteiger partial charge on any atom is -0.495 e. The summed E-state index contributed by atoms with van der Waals surface area (Å²) in [6.07, 6.45) is 7.31. The van der Waals surface area contributed by atoms with Crippen LogP contribution in [0.4, 0.5) is 11.6 Å². The Labute approximate surface area is 243 Å². The van der Waals surface area contributed by atoms with E-state index in [1.165, 1.54) is 0 Å². The molecule has 1 aliphatic rings. The first-order valence-corrected chi connectivity index (χ1v) is 13.7. The Balaban J connectivity index is 1.12. The monoisotopic (exact) mass is 568 g/mol. The Bertz CT molecular complexity index is 1370. The quantitative estimate of drug-likeness (QED) is 0.288. The Morgan fingerprint density at radius 3 is 1.52 bits per heavy atom. The number of carbonyl (C=O) groups is 2. The van der Waals surface area contributed by atoms with Crippen molar-refractivity contribution in [2.75, 3.05) is 24.9 Å². The smallest absolute Gasteiger partial charge is 0.231 e. The normalized spacial score (nSPS) is 16.3. The van der Waals surface area contributed by atoms with Crippen molar-refractivity contribution in [3.8, 4) is 11.5 Å². The third-order valence-corrected chi connectivity index (χ3v) is 7.17. The highest BCUT2D eigenvalue weighted by Crippen LogP contribution is 2.40. The van der Waals surface area contributed by atoms with Crippen molar-refractivity contribution in [3.05, 3.63) is 83.7 Å². The summed E-state index contributed by atoms with van der Waals surface area (Å²) >= 11 is 0. The van der Waals surface area contributed by atoms with Gasteiger partial charge in [-0.25, -0.2) is 0 Å². The van der Waals surface area contributed by atoms with Gasteiger partial charge >= 0.3 is 0 Å². The molecule has 0 radical (unpaired) electrons. The predicted octanol–water partition coefficient (Wildman–Crippen LogP) is 3.88. The van der Waals surface area contributed by atoms with Gasteiger partial charge in [-0.2, -0.15) is 10.2 Å². The number of ether oxygens (including phenoxy) is 2. The first kappa shape index (κ1) is 28.5. The highest BCUT2D eigenvalue weighted by Gasteiger charge is 2.27. The second-order valence-corrected chi connectivity index (χ2v) is 10.1. The van der Waals surface area contributed by atoms with Gasteiger partial charge in [-0.1, -0.05) is 6.42 Å². The van der Waals surface area contributed by atoms with Crippen molar-refractivity contribution in [3.63, 3.8) is 0 Å². The zero-order valence-corrected chi connectivity index (χ0v) is 23.5. The SMILES string of the molecule is COc1ccc(CC(=O)Nc2ccc(C3CCCC(c4ccc(NC(=O)Cc5ccc(OC)cn5)nn4)C3)nn2)nc1. The molecule has 0 bridgehead atoms. The number of nitrogens with zero attached hydrogens (tertiary/aromatic N) is 6. The van der Waals surface area contributed by atoms with Gasteiger partial charge in [-0.15, -0.1) is 10.2 Å². The van der Waals surface area contributed by atoms with Crippen molar-refractivity contribution < 1.29 is 19.1 Å². The molecule has 2 atom stereocenters.